The normalized spacial score (nSPS) is 10.0. The number of nitro groups is 1. The van der Waals surface area contributed by atoms with Crippen LogP contribution in [0.15, 0.2) is 6.20 Å². The fourth-order valence-corrected chi connectivity index (χ4v) is 0.996. The molecule has 1 rings (SSSR count). The molecule has 0 aliphatic rings. The summed E-state index contributed by atoms with van der Waals surface area (Å²) in [6.07, 6.45) is 1.26. The Morgan fingerprint density at radius 2 is 2.38 bits per heavy atom. The Labute approximate surface area is 74.3 Å². The number of aryl methyl sites for hydroxylation is 1. The zero-order valence-electron chi connectivity index (χ0n) is 7.35. The van der Waals surface area contributed by atoms with Crippen LogP contribution < -0.4 is 0 Å². The molecule has 1 aromatic heterocycles. The zero-order chi connectivity index (χ0) is 10.0. The van der Waals surface area contributed by atoms with Crippen LogP contribution in [0.1, 0.15) is 12.6 Å². The molecular weight excluding hydrogens is 174 g/mol. The third kappa shape index (κ3) is 2.11. The third-order valence-electron chi connectivity index (χ3n) is 1.50. The van der Waals surface area contributed by atoms with Crippen molar-refractivity contribution in [2.75, 3.05) is 0 Å². The smallest absolute Gasteiger partial charge is 0.298 e. The highest BCUT2D eigenvalue weighted by Gasteiger charge is 2.15. The Bertz CT molecular complexity index is 356. The number of Topliss-reactive ketones (excluding diaryl/α,β-unsaturated/α-hetero) is 1. The van der Waals surface area contributed by atoms with E-state index in [4.69, 9.17) is 0 Å². The van der Waals surface area contributed by atoms with Crippen LogP contribution in [0.3, 0.4) is 0 Å². The molecule has 0 N–H and O–H groups in total. The minimum atomic E-state index is -0.515. The van der Waals surface area contributed by atoms with E-state index < -0.39 is 4.92 Å². The van der Waals surface area contributed by atoms with E-state index in [-0.39, 0.29) is 18.0 Å². The van der Waals surface area contributed by atoms with Crippen LogP contribution in [0, 0.1) is 17.0 Å². The number of carbonyl (C=O) groups excluding carboxylic acids is 1. The number of ketones is 1. The summed E-state index contributed by atoms with van der Waals surface area (Å²) in [6, 6.07) is 0. The van der Waals surface area contributed by atoms with Crippen LogP contribution in [0.2, 0.25) is 0 Å². The van der Waals surface area contributed by atoms with Crippen molar-refractivity contribution in [1.82, 2.24) is 9.78 Å². The van der Waals surface area contributed by atoms with Crippen molar-refractivity contribution in [3.8, 4) is 0 Å². The molecule has 6 nitrogen and oxygen atoms in total. The molecule has 1 aromatic rings. The van der Waals surface area contributed by atoms with Gasteiger partial charge in [0.1, 0.15) is 11.9 Å². The number of nitrogens with zero attached hydrogens (tertiary/aromatic N) is 3. The second-order valence-corrected chi connectivity index (χ2v) is 2.76. The van der Waals surface area contributed by atoms with Crippen LogP contribution in [-0.4, -0.2) is 20.5 Å². The third-order valence-corrected chi connectivity index (χ3v) is 1.50. The number of aromatic nitrogens is 2. The SMILES string of the molecule is CC(=O)Cn1cc([N+](=O)[O-])c(C)n1. The van der Waals surface area contributed by atoms with Crippen LogP contribution in [0.5, 0.6) is 0 Å². The van der Waals surface area contributed by atoms with E-state index >= 15 is 0 Å². The fourth-order valence-electron chi connectivity index (χ4n) is 0.996. The molecule has 0 fully saturated rings. The number of hydrogen-bond acceptors (Lipinski definition) is 4. The molecule has 70 valence electrons. The van der Waals surface area contributed by atoms with Gasteiger partial charge >= 0.3 is 5.69 Å². The summed E-state index contributed by atoms with van der Waals surface area (Å²) in [5, 5.41) is 14.2. The zero-order valence-corrected chi connectivity index (χ0v) is 7.35. The maximum atomic E-state index is 10.7. The van der Waals surface area contributed by atoms with Gasteiger partial charge in [-0.05, 0) is 13.8 Å². The largest absolute Gasteiger partial charge is 0.309 e. The lowest BCUT2D eigenvalue weighted by atomic mass is 10.4. The van der Waals surface area contributed by atoms with Crippen LogP contribution in [0.25, 0.3) is 0 Å². The summed E-state index contributed by atoms with van der Waals surface area (Å²) < 4.78 is 1.27. The summed E-state index contributed by atoms with van der Waals surface area (Å²) in [5.74, 6) is -0.0857. The van der Waals surface area contributed by atoms with Crippen LogP contribution >= 0.6 is 0 Å². The second kappa shape index (κ2) is 3.34. The summed E-state index contributed by atoms with van der Waals surface area (Å²) in [4.78, 5) is 20.5. The number of carbonyl (C=O) groups is 1. The van der Waals surface area contributed by atoms with E-state index in [1.54, 1.807) is 0 Å². The molecule has 0 bridgehead atoms. The summed E-state index contributed by atoms with van der Waals surface area (Å²) in [6.45, 7) is 3.02. The molecule has 0 unspecified atom stereocenters. The Morgan fingerprint density at radius 3 is 2.77 bits per heavy atom. The molecule has 1 heterocycles. The molecule has 0 radical (unpaired) electrons. The van der Waals surface area contributed by atoms with Crippen molar-refractivity contribution < 1.29 is 9.72 Å². The average molecular weight is 183 g/mol. The topological polar surface area (TPSA) is 78.0 Å². The van der Waals surface area contributed by atoms with Gasteiger partial charge in [-0.25, -0.2) is 0 Å². The van der Waals surface area contributed by atoms with Gasteiger partial charge in [0.15, 0.2) is 5.78 Å². The lowest BCUT2D eigenvalue weighted by molar-refractivity contribution is -0.385. The lowest BCUT2D eigenvalue weighted by Crippen LogP contribution is -2.06. The molecule has 0 aromatic carbocycles. The summed E-state index contributed by atoms with van der Waals surface area (Å²) in [5.41, 5.74) is 0.271. The molecular formula is C7H9N3O3. The van der Waals surface area contributed by atoms with Crippen molar-refractivity contribution in [3.05, 3.63) is 22.0 Å². The minimum Gasteiger partial charge on any atom is -0.298 e. The van der Waals surface area contributed by atoms with Crippen molar-refractivity contribution in [2.45, 2.75) is 20.4 Å². The molecule has 0 aliphatic heterocycles. The maximum absolute atomic E-state index is 10.7. The standard InChI is InChI=1S/C7H9N3O3/c1-5(11)3-9-4-7(10(12)13)6(2)8-9/h4H,3H2,1-2H3. The minimum absolute atomic E-state index is 0.0544. The van der Waals surface area contributed by atoms with E-state index in [0.717, 1.165) is 0 Å². The van der Waals surface area contributed by atoms with E-state index in [1.165, 1.54) is 24.7 Å². The fraction of sp³-hybridized carbons (Fsp3) is 0.429. The number of rotatable bonds is 3. The van der Waals surface area contributed by atoms with Gasteiger partial charge in [-0.15, -0.1) is 0 Å². The molecule has 0 saturated heterocycles. The van der Waals surface area contributed by atoms with E-state index in [1.807, 2.05) is 0 Å². The first-order chi connectivity index (χ1) is 6.00. The van der Waals surface area contributed by atoms with Crippen LogP contribution in [-0.2, 0) is 11.3 Å². The highest BCUT2D eigenvalue weighted by Crippen LogP contribution is 2.14. The Kier molecular flexibility index (Phi) is 2.41. The van der Waals surface area contributed by atoms with Crippen molar-refractivity contribution in [3.63, 3.8) is 0 Å². The Morgan fingerprint density at radius 1 is 1.77 bits per heavy atom. The van der Waals surface area contributed by atoms with Crippen molar-refractivity contribution in [1.29, 1.82) is 0 Å². The molecule has 0 spiro atoms. The van der Waals surface area contributed by atoms with E-state index in [9.17, 15) is 14.9 Å². The molecule has 0 amide bonds. The van der Waals surface area contributed by atoms with E-state index in [0.29, 0.717) is 5.69 Å². The Balaban J connectivity index is 2.95. The molecule has 0 atom stereocenters. The van der Waals surface area contributed by atoms with E-state index in [2.05, 4.69) is 5.10 Å². The van der Waals surface area contributed by atoms with Gasteiger partial charge in [0.05, 0.1) is 11.5 Å². The van der Waals surface area contributed by atoms with Gasteiger partial charge in [0.2, 0.25) is 0 Å². The van der Waals surface area contributed by atoms with Gasteiger partial charge in [-0.2, -0.15) is 5.10 Å². The summed E-state index contributed by atoms with van der Waals surface area (Å²) >= 11 is 0. The average Bonchev–Trinajstić information content (AvgIpc) is 2.29. The van der Waals surface area contributed by atoms with Gasteiger partial charge in [0.25, 0.3) is 0 Å². The second-order valence-electron chi connectivity index (χ2n) is 2.76. The highest BCUT2D eigenvalue weighted by atomic mass is 16.6. The van der Waals surface area contributed by atoms with Crippen molar-refractivity contribution in [2.24, 2.45) is 0 Å². The predicted molar refractivity (Wildman–Crippen MR) is 44.3 cm³/mol. The highest BCUT2D eigenvalue weighted by molar-refractivity contribution is 5.75. The van der Waals surface area contributed by atoms with Gasteiger partial charge in [0, 0.05) is 0 Å². The molecule has 6 heteroatoms. The first-order valence-electron chi connectivity index (χ1n) is 3.68. The molecule has 13 heavy (non-hydrogen) atoms. The van der Waals surface area contributed by atoms with Crippen LogP contribution in [0.4, 0.5) is 5.69 Å². The predicted octanol–water partition coefficient (Wildman–Crippen LogP) is 0.689. The van der Waals surface area contributed by atoms with Gasteiger partial charge in [-0.3, -0.25) is 19.6 Å². The molecule has 0 saturated carbocycles. The Hall–Kier alpha value is -1.72. The maximum Gasteiger partial charge on any atom is 0.309 e. The first kappa shape index (κ1) is 9.37. The van der Waals surface area contributed by atoms with Gasteiger partial charge in [-0.1, -0.05) is 0 Å². The summed E-state index contributed by atoms with van der Waals surface area (Å²) in [7, 11) is 0. The lowest BCUT2D eigenvalue weighted by Gasteiger charge is -1.92. The van der Waals surface area contributed by atoms with Gasteiger partial charge < -0.3 is 0 Å². The number of hydrogen-bond donors (Lipinski definition) is 0. The first-order valence-corrected chi connectivity index (χ1v) is 3.68. The quantitative estimate of drug-likeness (QED) is 0.510. The molecule has 0 aliphatic carbocycles. The van der Waals surface area contributed by atoms with Crippen molar-refractivity contribution >= 4 is 11.5 Å². The monoisotopic (exact) mass is 183 g/mol.